The number of anilines is 2. The minimum Gasteiger partial charge on any atom is -0.396 e. The van der Waals surface area contributed by atoms with Gasteiger partial charge in [0, 0.05) is 4.47 Å². The van der Waals surface area contributed by atoms with Crippen molar-refractivity contribution in [3.05, 3.63) is 40.4 Å². The first-order valence-electron chi connectivity index (χ1n) is 4.63. The van der Waals surface area contributed by atoms with Crippen molar-refractivity contribution < 1.29 is 9.18 Å². The molecule has 7 heteroatoms. The van der Waals surface area contributed by atoms with Gasteiger partial charge in [-0.15, -0.1) is 0 Å². The van der Waals surface area contributed by atoms with Gasteiger partial charge in [-0.05, 0) is 18.2 Å². The zero-order chi connectivity index (χ0) is 12.4. The molecule has 0 radical (unpaired) electrons. The van der Waals surface area contributed by atoms with Crippen molar-refractivity contribution in [2.45, 2.75) is 0 Å². The van der Waals surface area contributed by atoms with Crippen LogP contribution in [0.5, 0.6) is 0 Å². The lowest BCUT2D eigenvalue weighted by atomic mass is 10.3. The summed E-state index contributed by atoms with van der Waals surface area (Å²) in [4.78, 5) is 11.7. The summed E-state index contributed by atoms with van der Waals surface area (Å²) in [5, 5.41) is 8.45. The molecule has 17 heavy (non-hydrogen) atoms. The summed E-state index contributed by atoms with van der Waals surface area (Å²) < 4.78 is 14.0. The Morgan fingerprint density at radius 3 is 2.94 bits per heavy atom. The van der Waals surface area contributed by atoms with E-state index >= 15 is 0 Å². The zero-order valence-corrected chi connectivity index (χ0v) is 10.1. The number of nitrogens with two attached hydrogens (primary N) is 1. The first-order valence-corrected chi connectivity index (χ1v) is 5.42. The molecule has 0 saturated carbocycles. The molecule has 4 N–H and O–H groups in total. The molecule has 0 spiro atoms. The van der Waals surface area contributed by atoms with Gasteiger partial charge in [0.2, 0.25) is 0 Å². The number of nitrogens with zero attached hydrogens (tertiary/aromatic N) is 1. The van der Waals surface area contributed by atoms with Gasteiger partial charge in [-0.1, -0.05) is 15.9 Å². The van der Waals surface area contributed by atoms with Gasteiger partial charge in [-0.2, -0.15) is 5.10 Å². The van der Waals surface area contributed by atoms with Crippen molar-refractivity contribution >= 4 is 33.2 Å². The minimum absolute atomic E-state index is 0.0679. The maximum Gasteiger partial charge on any atom is 0.275 e. The smallest absolute Gasteiger partial charge is 0.275 e. The van der Waals surface area contributed by atoms with Crippen LogP contribution in [0.3, 0.4) is 0 Å². The fourth-order valence-electron chi connectivity index (χ4n) is 1.26. The number of halogens is 2. The third-order valence-electron chi connectivity index (χ3n) is 2.07. The topological polar surface area (TPSA) is 83.8 Å². The van der Waals surface area contributed by atoms with Gasteiger partial charge in [0.1, 0.15) is 11.5 Å². The highest BCUT2D eigenvalue weighted by Crippen LogP contribution is 2.21. The van der Waals surface area contributed by atoms with Gasteiger partial charge >= 0.3 is 0 Å². The summed E-state index contributed by atoms with van der Waals surface area (Å²) >= 11 is 3.19. The Bertz CT molecular complexity index is 569. The van der Waals surface area contributed by atoms with Crippen LogP contribution in [0.1, 0.15) is 10.5 Å². The van der Waals surface area contributed by atoms with Crippen molar-refractivity contribution in [2.24, 2.45) is 0 Å². The van der Waals surface area contributed by atoms with Crippen LogP contribution < -0.4 is 11.1 Å². The number of carbonyl (C=O) groups is 1. The monoisotopic (exact) mass is 298 g/mol. The number of H-pyrrole nitrogens is 1. The summed E-state index contributed by atoms with van der Waals surface area (Å²) in [5.74, 6) is -1.07. The van der Waals surface area contributed by atoms with E-state index in [0.717, 1.165) is 0 Å². The highest BCUT2D eigenvalue weighted by Gasteiger charge is 2.13. The van der Waals surface area contributed by atoms with Crippen LogP contribution in [0.4, 0.5) is 15.8 Å². The molecule has 0 saturated heterocycles. The Morgan fingerprint density at radius 2 is 2.29 bits per heavy atom. The highest BCUT2D eigenvalue weighted by molar-refractivity contribution is 9.10. The van der Waals surface area contributed by atoms with E-state index in [2.05, 4.69) is 31.4 Å². The third-order valence-corrected chi connectivity index (χ3v) is 2.57. The molecule has 0 bridgehead atoms. The number of hydrogen-bond donors (Lipinski definition) is 3. The minimum atomic E-state index is -0.544. The summed E-state index contributed by atoms with van der Waals surface area (Å²) in [6, 6.07) is 4.24. The number of nitrogen functional groups attached to an aromatic ring is 1. The number of hydrogen-bond acceptors (Lipinski definition) is 3. The van der Waals surface area contributed by atoms with E-state index in [1.807, 2.05) is 0 Å². The van der Waals surface area contributed by atoms with Crippen LogP contribution in [0.15, 0.2) is 28.9 Å². The molecule has 2 aromatic rings. The molecule has 0 aliphatic carbocycles. The van der Waals surface area contributed by atoms with Crippen molar-refractivity contribution in [1.29, 1.82) is 0 Å². The fraction of sp³-hybridized carbons (Fsp3) is 0. The van der Waals surface area contributed by atoms with Gasteiger partial charge in [0.25, 0.3) is 5.91 Å². The van der Waals surface area contributed by atoms with Crippen molar-refractivity contribution in [2.75, 3.05) is 11.1 Å². The van der Waals surface area contributed by atoms with Gasteiger partial charge in [-0.3, -0.25) is 9.89 Å². The van der Waals surface area contributed by atoms with Crippen LogP contribution in [0, 0.1) is 5.82 Å². The van der Waals surface area contributed by atoms with Gasteiger partial charge in [0.05, 0.1) is 17.6 Å². The number of carbonyl (C=O) groups excluding carboxylic acids is 1. The molecule has 0 unspecified atom stereocenters. The maximum absolute atomic E-state index is 13.4. The molecule has 1 heterocycles. The lowest BCUT2D eigenvalue weighted by Gasteiger charge is -2.05. The Kier molecular flexibility index (Phi) is 3.10. The maximum atomic E-state index is 13.4. The third kappa shape index (κ3) is 2.44. The summed E-state index contributed by atoms with van der Waals surface area (Å²) in [6.45, 7) is 0. The lowest BCUT2D eigenvalue weighted by molar-refractivity contribution is 0.102. The molecule has 5 nitrogen and oxygen atoms in total. The van der Waals surface area contributed by atoms with Crippen LogP contribution in [-0.2, 0) is 0 Å². The molecule has 88 valence electrons. The second-order valence-electron chi connectivity index (χ2n) is 3.28. The highest BCUT2D eigenvalue weighted by atomic mass is 79.9. The predicted octanol–water partition coefficient (Wildman–Crippen LogP) is 2.15. The summed E-state index contributed by atoms with van der Waals surface area (Å²) in [5.41, 5.74) is 5.88. The average molecular weight is 299 g/mol. The molecule has 0 aliphatic heterocycles. The van der Waals surface area contributed by atoms with E-state index in [-0.39, 0.29) is 17.1 Å². The van der Waals surface area contributed by atoms with E-state index < -0.39 is 11.7 Å². The zero-order valence-electron chi connectivity index (χ0n) is 8.50. The molecule has 2 rings (SSSR count). The SMILES string of the molecule is Nc1cn[nH]c1C(=O)Nc1cc(Br)ccc1F. The van der Waals surface area contributed by atoms with Crippen LogP contribution in [0.2, 0.25) is 0 Å². The van der Waals surface area contributed by atoms with E-state index in [1.54, 1.807) is 0 Å². The molecule has 0 fully saturated rings. The first kappa shape index (κ1) is 11.6. The largest absolute Gasteiger partial charge is 0.396 e. The Labute approximate surface area is 104 Å². The molecular weight excluding hydrogens is 291 g/mol. The fourth-order valence-corrected chi connectivity index (χ4v) is 1.62. The Hall–Kier alpha value is -1.89. The van der Waals surface area contributed by atoms with Gasteiger partial charge in [-0.25, -0.2) is 4.39 Å². The van der Waals surface area contributed by atoms with Gasteiger partial charge < -0.3 is 11.1 Å². The Morgan fingerprint density at radius 1 is 1.53 bits per heavy atom. The molecule has 1 amide bonds. The summed E-state index contributed by atoms with van der Waals surface area (Å²) in [7, 11) is 0. The van der Waals surface area contributed by atoms with E-state index in [4.69, 9.17) is 5.73 Å². The number of amides is 1. The second kappa shape index (κ2) is 4.54. The first-order chi connectivity index (χ1) is 8.08. The molecular formula is C10H8BrFN4O. The Balaban J connectivity index is 2.24. The number of aromatic nitrogens is 2. The number of benzene rings is 1. The quantitative estimate of drug-likeness (QED) is 0.794. The van der Waals surface area contributed by atoms with E-state index in [0.29, 0.717) is 4.47 Å². The van der Waals surface area contributed by atoms with Crippen molar-refractivity contribution in [3.63, 3.8) is 0 Å². The number of nitrogens with one attached hydrogen (secondary N) is 2. The van der Waals surface area contributed by atoms with Gasteiger partial charge in [0.15, 0.2) is 0 Å². The molecule has 0 aliphatic rings. The van der Waals surface area contributed by atoms with Crippen molar-refractivity contribution in [3.8, 4) is 0 Å². The second-order valence-corrected chi connectivity index (χ2v) is 4.19. The standard InChI is InChI=1S/C10H8BrFN4O/c11-5-1-2-6(12)8(3-5)15-10(17)9-7(13)4-14-16-9/h1-4H,13H2,(H,14,16)(H,15,17). The molecule has 0 atom stereocenters. The van der Waals surface area contributed by atoms with Crippen molar-refractivity contribution in [1.82, 2.24) is 10.2 Å². The normalized spacial score (nSPS) is 10.2. The average Bonchev–Trinajstić information content (AvgIpc) is 2.70. The number of aromatic amines is 1. The molecule has 1 aromatic heterocycles. The van der Waals surface area contributed by atoms with Crippen LogP contribution >= 0.6 is 15.9 Å². The van der Waals surface area contributed by atoms with E-state index in [1.165, 1.54) is 24.4 Å². The van der Waals surface area contributed by atoms with Crippen LogP contribution in [0.25, 0.3) is 0 Å². The van der Waals surface area contributed by atoms with Crippen LogP contribution in [-0.4, -0.2) is 16.1 Å². The summed E-state index contributed by atoms with van der Waals surface area (Å²) in [6.07, 6.45) is 1.31. The predicted molar refractivity (Wildman–Crippen MR) is 65.1 cm³/mol. The lowest BCUT2D eigenvalue weighted by Crippen LogP contribution is -2.15. The van der Waals surface area contributed by atoms with E-state index in [9.17, 15) is 9.18 Å². The number of rotatable bonds is 2. The molecule has 1 aromatic carbocycles.